The van der Waals surface area contributed by atoms with E-state index in [1.165, 1.54) is 0 Å². The molecule has 0 aliphatic rings. The molecule has 6 nitrogen and oxygen atoms in total. The molecular formula is C18H25Cl2N5O. The molecule has 0 aliphatic heterocycles. The van der Waals surface area contributed by atoms with E-state index < -0.39 is 0 Å². The van der Waals surface area contributed by atoms with Crippen molar-refractivity contribution in [2.75, 3.05) is 38.6 Å². The summed E-state index contributed by atoms with van der Waals surface area (Å²) in [7, 11) is 0. The van der Waals surface area contributed by atoms with E-state index in [0.29, 0.717) is 46.0 Å². The summed E-state index contributed by atoms with van der Waals surface area (Å²) in [5.41, 5.74) is 7.11. The van der Waals surface area contributed by atoms with Crippen molar-refractivity contribution in [2.24, 2.45) is 0 Å². The number of likely N-dealkylation sites (N-methyl/N-ethyl adjacent to an activating group) is 1. The Labute approximate surface area is 164 Å². The molecule has 1 aromatic heterocycles. The van der Waals surface area contributed by atoms with Crippen molar-refractivity contribution in [1.29, 1.82) is 0 Å². The van der Waals surface area contributed by atoms with E-state index in [2.05, 4.69) is 33.9 Å². The summed E-state index contributed by atoms with van der Waals surface area (Å²) in [5.74, 6) is 0.887. The molecule has 0 radical (unpaired) electrons. The average Bonchev–Trinajstić information content (AvgIpc) is 2.64. The van der Waals surface area contributed by atoms with E-state index in [1.54, 1.807) is 18.2 Å². The van der Waals surface area contributed by atoms with E-state index in [4.69, 9.17) is 33.7 Å². The Balaban J connectivity index is 1.85. The third-order valence-corrected chi connectivity index (χ3v) is 4.92. The van der Waals surface area contributed by atoms with Gasteiger partial charge in [0, 0.05) is 25.1 Å². The Hall–Kier alpha value is -1.47. The molecule has 0 fully saturated rings. The summed E-state index contributed by atoms with van der Waals surface area (Å²) >= 11 is 12.2. The number of halogens is 2. The van der Waals surface area contributed by atoms with Crippen LogP contribution in [0.2, 0.25) is 10.0 Å². The van der Waals surface area contributed by atoms with Gasteiger partial charge in [0.1, 0.15) is 5.69 Å². The summed E-state index contributed by atoms with van der Waals surface area (Å²) in [4.78, 5) is 6.66. The van der Waals surface area contributed by atoms with Gasteiger partial charge in [-0.1, -0.05) is 49.2 Å². The topological polar surface area (TPSA) is 77.2 Å². The van der Waals surface area contributed by atoms with Crippen LogP contribution in [0, 0.1) is 0 Å². The van der Waals surface area contributed by atoms with Gasteiger partial charge >= 0.3 is 0 Å². The van der Waals surface area contributed by atoms with Crippen LogP contribution < -0.4 is 5.73 Å². The van der Waals surface area contributed by atoms with Gasteiger partial charge in [0.15, 0.2) is 11.6 Å². The lowest BCUT2D eigenvalue weighted by molar-refractivity contribution is 0.105. The molecule has 0 bridgehead atoms. The zero-order valence-corrected chi connectivity index (χ0v) is 16.7. The normalized spacial score (nSPS) is 11.3. The first kappa shape index (κ1) is 20.8. The van der Waals surface area contributed by atoms with Gasteiger partial charge in [-0.05, 0) is 25.6 Å². The number of benzene rings is 1. The van der Waals surface area contributed by atoms with Gasteiger partial charge < -0.3 is 15.4 Å². The number of aryl methyl sites for hydroxylation is 1. The van der Waals surface area contributed by atoms with Crippen LogP contribution in [-0.4, -0.2) is 52.9 Å². The maximum absolute atomic E-state index is 6.21. The van der Waals surface area contributed by atoms with Crippen LogP contribution in [0.3, 0.4) is 0 Å². The van der Waals surface area contributed by atoms with Gasteiger partial charge in [0.25, 0.3) is 0 Å². The highest BCUT2D eigenvalue weighted by Crippen LogP contribution is 2.34. The largest absolute Gasteiger partial charge is 0.382 e. The lowest BCUT2D eigenvalue weighted by Gasteiger charge is -2.17. The zero-order chi connectivity index (χ0) is 18.9. The summed E-state index contributed by atoms with van der Waals surface area (Å²) in [5, 5.41) is 9.17. The first-order chi connectivity index (χ1) is 12.6. The zero-order valence-electron chi connectivity index (χ0n) is 15.2. The molecule has 2 aromatic rings. The third-order valence-electron chi connectivity index (χ3n) is 4.10. The number of nitrogen functional groups attached to an aromatic ring is 1. The Morgan fingerprint density at radius 1 is 1.12 bits per heavy atom. The molecule has 8 heteroatoms. The van der Waals surface area contributed by atoms with Crippen molar-refractivity contribution < 1.29 is 4.74 Å². The molecule has 0 saturated heterocycles. The smallest absolute Gasteiger partial charge is 0.154 e. The number of ether oxygens (including phenoxy) is 1. The van der Waals surface area contributed by atoms with Crippen molar-refractivity contribution >= 4 is 29.0 Å². The van der Waals surface area contributed by atoms with Crippen molar-refractivity contribution in [2.45, 2.75) is 26.7 Å². The molecule has 1 heterocycles. The summed E-state index contributed by atoms with van der Waals surface area (Å²) < 4.78 is 5.66. The van der Waals surface area contributed by atoms with Crippen molar-refractivity contribution in [3.63, 3.8) is 0 Å². The van der Waals surface area contributed by atoms with Crippen LogP contribution >= 0.6 is 23.2 Å². The first-order valence-electron chi connectivity index (χ1n) is 8.80. The third kappa shape index (κ3) is 5.77. The first-order valence-corrected chi connectivity index (χ1v) is 9.55. The highest BCUT2D eigenvalue weighted by Gasteiger charge is 2.13. The van der Waals surface area contributed by atoms with Crippen LogP contribution in [0.5, 0.6) is 0 Å². The van der Waals surface area contributed by atoms with Gasteiger partial charge in [-0.25, -0.2) is 4.98 Å². The molecule has 142 valence electrons. The van der Waals surface area contributed by atoms with E-state index in [1.807, 2.05) is 0 Å². The molecule has 0 amide bonds. The Bertz CT molecular complexity index is 710. The van der Waals surface area contributed by atoms with Crippen LogP contribution in [0.1, 0.15) is 26.1 Å². The van der Waals surface area contributed by atoms with Gasteiger partial charge in [-0.15, -0.1) is 10.2 Å². The highest BCUT2D eigenvalue weighted by molar-refractivity contribution is 6.43. The van der Waals surface area contributed by atoms with E-state index in [9.17, 15) is 0 Å². The van der Waals surface area contributed by atoms with Crippen LogP contribution in [0.15, 0.2) is 18.2 Å². The van der Waals surface area contributed by atoms with Crippen molar-refractivity contribution in [3.05, 3.63) is 34.1 Å². The average molecular weight is 398 g/mol. The molecule has 0 unspecified atom stereocenters. The molecule has 2 rings (SSSR count). The maximum Gasteiger partial charge on any atom is 0.154 e. The number of hydrogen-bond acceptors (Lipinski definition) is 6. The minimum atomic E-state index is 0.293. The Morgan fingerprint density at radius 2 is 1.88 bits per heavy atom. The quantitative estimate of drug-likeness (QED) is 0.615. The van der Waals surface area contributed by atoms with Crippen molar-refractivity contribution in [1.82, 2.24) is 20.1 Å². The number of hydrogen-bond donors (Lipinski definition) is 1. The minimum absolute atomic E-state index is 0.293. The number of rotatable bonds is 10. The minimum Gasteiger partial charge on any atom is -0.382 e. The monoisotopic (exact) mass is 397 g/mol. The molecular weight excluding hydrogens is 373 g/mol. The number of nitrogens with two attached hydrogens (primary N) is 1. The highest BCUT2D eigenvalue weighted by atomic mass is 35.5. The predicted octanol–water partition coefficient (Wildman–Crippen LogP) is 3.72. The van der Waals surface area contributed by atoms with Crippen molar-refractivity contribution in [3.8, 4) is 11.3 Å². The standard InChI is InChI=1S/C18H25Cl2N5O/c1-3-25(4-2)10-12-26-11-6-9-15-22-18(21)17(24-23-15)13-7-5-8-14(19)16(13)20/h5,7-8H,3-4,6,9-12H2,1-2H3,(H2,21,22,23). The van der Waals surface area contributed by atoms with Gasteiger partial charge in [-0.2, -0.15) is 0 Å². The fourth-order valence-electron chi connectivity index (χ4n) is 2.53. The van der Waals surface area contributed by atoms with Crippen LogP contribution in [-0.2, 0) is 11.2 Å². The Kier molecular flexibility index (Phi) is 8.51. The fourth-order valence-corrected chi connectivity index (χ4v) is 2.92. The number of nitrogens with zero attached hydrogens (tertiary/aromatic N) is 4. The second kappa shape index (κ2) is 10.6. The second-order valence-corrected chi connectivity index (χ2v) is 6.59. The maximum atomic E-state index is 6.21. The summed E-state index contributed by atoms with van der Waals surface area (Å²) in [6.45, 7) is 8.73. The van der Waals surface area contributed by atoms with Gasteiger partial charge in [0.05, 0.1) is 16.7 Å². The van der Waals surface area contributed by atoms with Crippen LogP contribution in [0.25, 0.3) is 11.3 Å². The number of aromatic nitrogens is 3. The SMILES string of the molecule is CCN(CC)CCOCCCc1nnc(-c2cccc(Cl)c2Cl)c(N)n1. The summed E-state index contributed by atoms with van der Waals surface area (Å²) in [6, 6.07) is 5.28. The molecule has 0 atom stereocenters. The second-order valence-electron chi connectivity index (χ2n) is 5.81. The summed E-state index contributed by atoms with van der Waals surface area (Å²) in [6.07, 6.45) is 1.47. The molecule has 0 aliphatic carbocycles. The lowest BCUT2D eigenvalue weighted by Crippen LogP contribution is -2.27. The molecule has 0 saturated carbocycles. The van der Waals surface area contributed by atoms with E-state index >= 15 is 0 Å². The fraction of sp³-hybridized carbons (Fsp3) is 0.500. The Morgan fingerprint density at radius 3 is 2.58 bits per heavy atom. The van der Waals surface area contributed by atoms with E-state index in [-0.39, 0.29) is 0 Å². The molecule has 26 heavy (non-hydrogen) atoms. The molecule has 1 aromatic carbocycles. The molecule has 2 N–H and O–H groups in total. The number of anilines is 1. The van der Waals surface area contributed by atoms with E-state index in [0.717, 1.165) is 32.7 Å². The van der Waals surface area contributed by atoms with Gasteiger partial charge in [-0.3, -0.25) is 0 Å². The predicted molar refractivity (Wildman–Crippen MR) is 107 cm³/mol. The van der Waals surface area contributed by atoms with Crippen LogP contribution in [0.4, 0.5) is 5.82 Å². The van der Waals surface area contributed by atoms with Gasteiger partial charge in [0.2, 0.25) is 0 Å². The molecule has 0 spiro atoms. The lowest BCUT2D eigenvalue weighted by atomic mass is 10.1.